The summed E-state index contributed by atoms with van der Waals surface area (Å²) < 4.78 is 4.55. The Hall–Kier alpha value is -0.610. The molecule has 0 heterocycles. The van der Waals surface area contributed by atoms with Gasteiger partial charge in [0.15, 0.2) is 0 Å². The maximum atomic E-state index is 11.0. The van der Waals surface area contributed by atoms with Crippen molar-refractivity contribution in [1.82, 2.24) is 0 Å². The Morgan fingerprint density at radius 3 is 2.38 bits per heavy atom. The third-order valence-electron chi connectivity index (χ3n) is 2.26. The molecule has 0 amide bonds. The van der Waals surface area contributed by atoms with Crippen molar-refractivity contribution in [2.24, 2.45) is 23.3 Å². The lowest BCUT2D eigenvalue weighted by atomic mass is 9.92. The van der Waals surface area contributed by atoms with Crippen molar-refractivity contribution in [2.45, 2.75) is 26.3 Å². The molecule has 0 bridgehead atoms. The number of rotatable bonds is 5. The van der Waals surface area contributed by atoms with Gasteiger partial charge in [0.05, 0.1) is 7.11 Å². The predicted octanol–water partition coefficient (Wildman–Crippen LogP) is 0.108. The zero-order chi connectivity index (χ0) is 10.4. The van der Waals surface area contributed by atoms with Crippen LogP contribution in [0.3, 0.4) is 0 Å². The Bertz CT molecular complexity index is 162. The minimum Gasteiger partial charge on any atom is -0.468 e. The number of hydrogen-bond acceptors (Lipinski definition) is 4. The molecule has 0 aliphatic rings. The van der Waals surface area contributed by atoms with Crippen LogP contribution in [0.15, 0.2) is 0 Å². The van der Waals surface area contributed by atoms with Crippen LogP contribution in [-0.2, 0) is 9.53 Å². The minimum atomic E-state index is -0.529. The van der Waals surface area contributed by atoms with E-state index in [1.165, 1.54) is 7.11 Å². The van der Waals surface area contributed by atoms with Crippen LogP contribution < -0.4 is 11.5 Å². The number of esters is 1. The number of ether oxygens (including phenoxy) is 1. The van der Waals surface area contributed by atoms with Gasteiger partial charge in [-0.05, 0) is 24.8 Å². The largest absolute Gasteiger partial charge is 0.468 e. The molecule has 4 N–H and O–H groups in total. The summed E-state index contributed by atoms with van der Waals surface area (Å²) in [6, 6.07) is -0.529. The summed E-state index contributed by atoms with van der Waals surface area (Å²) in [7, 11) is 1.35. The van der Waals surface area contributed by atoms with E-state index in [-0.39, 0.29) is 11.9 Å². The van der Waals surface area contributed by atoms with Gasteiger partial charge in [-0.3, -0.25) is 4.79 Å². The van der Waals surface area contributed by atoms with E-state index in [2.05, 4.69) is 4.74 Å². The van der Waals surface area contributed by atoms with Crippen LogP contribution in [0.25, 0.3) is 0 Å². The van der Waals surface area contributed by atoms with Gasteiger partial charge in [-0.2, -0.15) is 0 Å². The number of hydrogen-bond donors (Lipinski definition) is 2. The average molecular weight is 188 g/mol. The van der Waals surface area contributed by atoms with E-state index in [0.717, 1.165) is 6.42 Å². The molecule has 3 unspecified atom stereocenters. The second-order valence-electron chi connectivity index (χ2n) is 3.60. The fraction of sp³-hybridized carbons (Fsp3) is 0.889. The summed E-state index contributed by atoms with van der Waals surface area (Å²) in [5, 5.41) is 0. The highest BCUT2D eigenvalue weighted by Crippen LogP contribution is 2.13. The molecule has 0 rings (SSSR count). The second kappa shape index (κ2) is 5.94. The molecule has 78 valence electrons. The van der Waals surface area contributed by atoms with Crippen molar-refractivity contribution in [3.63, 3.8) is 0 Å². The SMILES string of the molecule is COC(=O)C(N)C(C)CC(C)CN. The van der Waals surface area contributed by atoms with Crippen LogP contribution in [0.4, 0.5) is 0 Å². The van der Waals surface area contributed by atoms with Crippen LogP contribution >= 0.6 is 0 Å². The van der Waals surface area contributed by atoms with Crippen molar-refractivity contribution in [3.05, 3.63) is 0 Å². The van der Waals surface area contributed by atoms with Crippen LogP contribution in [0, 0.1) is 11.8 Å². The molecule has 0 radical (unpaired) electrons. The van der Waals surface area contributed by atoms with Gasteiger partial charge in [0.25, 0.3) is 0 Å². The van der Waals surface area contributed by atoms with Crippen LogP contribution in [0.1, 0.15) is 20.3 Å². The molecule has 0 saturated heterocycles. The molecule has 0 aromatic heterocycles. The van der Waals surface area contributed by atoms with Crippen molar-refractivity contribution < 1.29 is 9.53 Å². The van der Waals surface area contributed by atoms with Crippen LogP contribution in [0.2, 0.25) is 0 Å². The van der Waals surface area contributed by atoms with Gasteiger partial charge < -0.3 is 16.2 Å². The molecule has 3 atom stereocenters. The maximum Gasteiger partial charge on any atom is 0.322 e. The van der Waals surface area contributed by atoms with E-state index < -0.39 is 6.04 Å². The molecular formula is C9H20N2O2. The van der Waals surface area contributed by atoms with E-state index >= 15 is 0 Å². The molecule has 0 aliphatic heterocycles. The third-order valence-corrected chi connectivity index (χ3v) is 2.26. The Kier molecular flexibility index (Phi) is 5.66. The standard InChI is InChI=1S/C9H20N2O2/c1-6(5-10)4-7(2)8(11)9(12)13-3/h6-8H,4-5,10-11H2,1-3H3. The zero-order valence-electron chi connectivity index (χ0n) is 8.62. The highest BCUT2D eigenvalue weighted by Gasteiger charge is 2.22. The summed E-state index contributed by atoms with van der Waals surface area (Å²) in [4.78, 5) is 11.0. The van der Waals surface area contributed by atoms with Gasteiger partial charge >= 0.3 is 5.97 Å². The van der Waals surface area contributed by atoms with Crippen LogP contribution in [-0.4, -0.2) is 25.7 Å². The van der Waals surface area contributed by atoms with Gasteiger partial charge in [-0.1, -0.05) is 13.8 Å². The van der Waals surface area contributed by atoms with Gasteiger partial charge in [0.2, 0.25) is 0 Å². The highest BCUT2D eigenvalue weighted by atomic mass is 16.5. The lowest BCUT2D eigenvalue weighted by molar-refractivity contribution is -0.143. The molecule has 0 saturated carbocycles. The molecule has 0 aromatic carbocycles. The van der Waals surface area contributed by atoms with Gasteiger partial charge in [0, 0.05) is 0 Å². The molecule has 4 nitrogen and oxygen atoms in total. The van der Waals surface area contributed by atoms with Gasteiger partial charge in [-0.25, -0.2) is 0 Å². The smallest absolute Gasteiger partial charge is 0.322 e. The molecule has 4 heteroatoms. The summed E-state index contributed by atoms with van der Waals surface area (Å²) in [6.45, 7) is 4.60. The van der Waals surface area contributed by atoms with Crippen molar-refractivity contribution >= 4 is 5.97 Å². The third kappa shape index (κ3) is 4.24. The first-order valence-electron chi connectivity index (χ1n) is 4.56. The summed E-state index contributed by atoms with van der Waals surface area (Å²) in [5.41, 5.74) is 11.1. The fourth-order valence-corrected chi connectivity index (χ4v) is 1.25. The summed E-state index contributed by atoms with van der Waals surface area (Å²) in [6.07, 6.45) is 0.854. The van der Waals surface area contributed by atoms with Crippen molar-refractivity contribution in [1.29, 1.82) is 0 Å². The molecule has 13 heavy (non-hydrogen) atoms. The first kappa shape index (κ1) is 12.4. The first-order valence-corrected chi connectivity index (χ1v) is 4.56. The monoisotopic (exact) mass is 188 g/mol. The normalized spacial score (nSPS) is 17.6. The number of carbonyl (C=O) groups excluding carboxylic acids is 1. The molecular weight excluding hydrogens is 168 g/mol. The quantitative estimate of drug-likeness (QED) is 0.600. The van der Waals surface area contributed by atoms with E-state index in [0.29, 0.717) is 12.5 Å². The predicted molar refractivity (Wildman–Crippen MR) is 52.0 cm³/mol. The van der Waals surface area contributed by atoms with Crippen LogP contribution in [0.5, 0.6) is 0 Å². The Morgan fingerprint density at radius 2 is 2.00 bits per heavy atom. The lowest BCUT2D eigenvalue weighted by Crippen LogP contribution is -2.38. The van der Waals surface area contributed by atoms with E-state index in [1.807, 2.05) is 13.8 Å². The molecule has 0 spiro atoms. The molecule has 0 aromatic rings. The van der Waals surface area contributed by atoms with E-state index in [9.17, 15) is 4.79 Å². The second-order valence-corrected chi connectivity index (χ2v) is 3.60. The average Bonchev–Trinajstić information content (AvgIpc) is 2.14. The van der Waals surface area contributed by atoms with Gasteiger partial charge in [-0.15, -0.1) is 0 Å². The lowest BCUT2D eigenvalue weighted by Gasteiger charge is -2.20. The first-order chi connectivity index (χ1) is 6.02. The van der Waals surface area contributed by atoms with Gasteiger partial charge in [0.1, 0.15) is 6.04 Å². The topological polar surface area (TPSA) is 78.3 Å². The zero-order valence-corrected chi connectivity index (χ0v) is 8.62. The fourth-order valence-electron chi connectivity index (χ4n) is 1.25. The number of nitrogens with two attached hydrogens (primary N) is 2. The van der Waals surface area contributed by atoms with E-state index in [4.69, 9.17) is 11.5 Å². The Labute approximate surface area is 79.6 Å². The Balaban J connectivity index is 3.95. The van der Waals surface area contributed by atoms with Crippen molar-refractivity contribution in [3.8, 4) is 0 Å². The number of carbonyl (C=O) groups is 1. The maximum absolute atomic E-state index is 11.0. The summed E-state index contributed by atoms with van der Waals surface area (Å²) >= 11 is 0. The summed E-state index contributed by atoms with van der Waals surface area (Å²) in [5.74, 6) is 0.161. The molecule has 0 fully saturated rings. The number of methoxy groups -OCH3 is 1. The molecule has 0 aliphatic carbocycles. The minimum absolute atomic E-state index is 0.117. The van der Waals surface area contributed by atoms with E-state index in [1.54, 1.807) is 0 Å². The Morgan fingerprint density at radius 1 is 1.46 bits per heavy atom. The highest BCUT2D eigenvalue weighted by molar-refractivity contribution is 5.75. The van der Waals surface area contributed by atoms with Crippen molar-refractivity contribution in [2.75, 3.05) is 13.7 Å².